The van der Waals surface area contributed by atoms with Crippen molar-refractivity contribution in [2.45, 2.75) is 102 Å². The van der Waals surface area contributed by atoms with Crippen LogP contribution in [0.2, 0.25) is 0 Å². The van der Waals surface area contributed by atoms with Crippen LogP contribution < -0.4 is 56.2 Å². The van der Waals surface area contributed by atoms with Gasteiger partial charge in [0, 0.05) is 35.0 Å². The number of carbonyl (C=O) groups is 5. The molecule has 3 aromatic heterocycles. The van der Waals surface area contributed by atoms with Gasteiger partial charge >= 0.3 is 0 Å². The normalized spacial score (nSPS) is 24.6. The van der Waals surface area contributed by atoms with Crippen molar-refractivity contribution in [3.05, 3.63) is 63.4 Å². The molecule has 30 heteroatoms. The van der Waals surface area contributed by atoms with Crippen molar-refractivity contribution in [2.24, 2.45) is 29.4 Å². The maximum atomic E-state index is 13.8. The van der Waals surface area contributed by atoms with Gasteiger partial charge in [-0.3, -0.25) is 33.1 Å². The molecule has 0 unspecified atom stereocenters. The highest BCUT2D eigenvalue weighted by Gasteiger charge is 2.44. The van der Waals surface area contributed by atoms with E-state index in [0.29, 0.717) is 81.9 Å². The lowest BCUT2D eigenvalue weighted by molar-refractivity contribution is -0.124. The summed E-state index contributed by atoms with van der Waals surface area (Å²) in [7, 11) is 4.40. The van der Waals surface area contributed by atoms with Gasteiger partial charge in [0.25, 0.3) is 35.1 Å². The molecule has 22 nitrogen and oxygen atoms in total. The molecule has 5 amide bonds. The zero-order valence-corrected chi connectivity index (χ0v) is 51.0. The Hall–Kier alpha value is -7.38. The number of nitrogens with zero attached hydrogens (tertiary/aromatic N) is 4. The Morgan fingerprint density at radius 3 is 1.35 bits per heavy atom. The molecule has 0 saturated carbocycles. The van der Waals surface area contributed by atoms with Crippen molar-refractivity contribution >= 4 is 110 Å². The number of hydrogen-bond donors (Lipinski definition) is 7. The molecule has 4 saturated heterocycles. The molecule has 4 fully saturated rings. The lowest BCUT2D eigenvalue weighted by atomic mass is 9.97. The average molecular weight is 1310 g/mol. The number of carbonyl (C=O) groups excluding carboxylic acids is 5. The molecule has 6 aromatic rings. The van der Waals surface area contributed by atoms with Crippen LogP contribution in [0.15, 0.2) is 41.2 Å². The number of ether oxygens (including phenoxy) is 5. The lowest BCUT2D eigenvalue weighted by Gasteiger charge is -2.17. The Kier molecular flexibility index (Phi) is 24.0. The number of aromatic nitrogens is 3. The van der Waals surface area contributed by atoms with Gasteiger partial charge in [0.05, 0.1) is 93.0 Å². The van der Waals surface area contributed by atoms with Crippen molar-refractivity contribution in [2.75, 3.05) is 46.5 Å². The molecule has 0 aliphatic carbocycles. The lowest BCUT2D eigenvalue weighted by Crippen LogP contribution is -2.34. The molecule has 7 heterocycles. The highest BCUT2D eigenvalue weighted by atomic mass is 79.9. The average Bonchev–Trinajstić information content (AvgIpc) is 4.05. The van der Waals surface area contributed by atoms with Crippen molar-refractivity contribution in [3.63, 3.8) is 0 Å². The van der Waals surface area contributed by atoms with Crippen LogP contribution in [0.4, 0.5) is 17.6 Å². The highest BCUT2D eigenvalue weighted by Crippen LogP contribution is 2.37. The molecule has 85 heavy (non-hydrogen) atoms. The fraction of sp³-hybridized carbons (Fsp3) is 0.491. The first-order valence-corrected chi connectivity index (χ1v) is 30.1. The molecule has 12 atom stereocenters. The van der Waals surface area contributed by atoms with E-state index in [1.54, 1.807) is 43.3 Å². The summed E-state index contributed by atoms with van der Waals surface area (Å²) in [6, 6.07) is 12.8. The zero-order valence-electron chi connectivity index (χ0n) is 47.0. The van der Waals surface area contributed by atoms with Gasteiger partial charge in [0.15, 0.2) is 24.7 Å². The smallest absolute Gasteiger partial charge is 0.266 e. The minimum absolute atomic E-state index is 0.0255. The number of halogens is 5. The van der Waals surface area contributed by atoms with Crippen LogP contribution in [0.25, 0.3) is 30.3 Å². The number of fused-ring (bicyclic) bond motifs is 3. The van der Waals surface area contributed by atoms with E-state index in [1.807, 2.05) is 26.8 Å². The van der Waals surface area contributed by atoms with Crippen LogP contribution in [-0.4, -0.2) is 143 Å². The molecule has 0 radical (unpaired) electrons. The van der Waals surface area contributed by atoms with Crippen molar-refractivity contribution in [1.29, 1.82) is 10.5 Å². The quantitative estimate of drug-likeness (QED) is 0.0395. The van der Waals surface area contributed by atoms with E-state index in [1.165, 1.54) is 44.4 Å². The monoisotopic (exact) mass is 1310 g/mol. The number of primary amides is 1. The van der Waals surface area contributed by atoms with E-state index in [9.17, 15) is 46.3 Å². The number of methoxy groups -OCH3 is 3. The van der Waals surface area contributed by atoms with E-state index in [0.717, 1.165) is 31.0 Å². The van der Waals surface area contributed by atoms with Gasteiger partial charge in [0.1, 0.15) is 42.6 Å². The fourth-order valence-corrected chi connectivity index (χ4v) is 12.9. The third-order valence-corrected chi connectivity index (χ3v) is 17.9. The van der Waals surface area contributed by atoms with Crippen LogP contribution in [0, 0.1) is 46.3 Å². The molecule has 0 spiro atoms. The van der Waals surface area contributed by atoms with E-state index in [-0.39, 0.29) is 60.9 Å². The summed E-state index contributed by atoms with van der Waals surface area (Å²) < 4.78 is 93.7. The summed E-state index contributed by atoms with van der Waals surface area (Å²) in [5.41, 5.74) is 6.33. The number of H-pyrrole nitrogens is 1. The van der Waals surface area contributed by atoms with Crippen LogP contribution >= 0.6 is 50.5 Å². The summed E-state index contributed by atoms with van der Waals surface area (Å²) >= 11 is 6.81. The Morgan fingerprint density at radius 1 is 0.600 bits per heavy atom. The number of nitrogens with one attached hydrogen (secondary N) is 5. The number of aromatic amines is 1. The minimum atomic E-state index is -1.51. The minimum Gasteiger partial charge on any atom is -0.496 e. The van der Waals surface area contributed by atoms with Gasteiger partial charge < -0.3 is 55.8 Å². The van der Waals surface area contributed by atoms with Gasteiger partial charge in [-0.1, -0.05) is 55.2 Å². The molecule has 10 rings (SSSR count). The van der Waals surface area contributed by atoms with Gasteiger partial charge in [0.2, 0.25) is 11.8 Å². The molecular formula is C55H63BrF4N10O12S3. The first kappa shape index (κ1) is 66.8. The summed E-state index contributed by atoms with van der Waals surface area (Å²) in [6.07, 6.45) is -3.38. The fourth-order valence-electron chi connectivity index (χ4n) is 9.98. The molecule has 3 aromatic carbocycles. The summed E-state index contributed by atoms with van der Waals surface area (Å²) in [6.45, 7) is 7.46. The number of nitrogens with two attached hydrogens (primary N) is 1. The Balaban J connectivity index is 0.000000178. The Labute approximate surface area is 505 Å². The predicted molar refractivity (Wildman–Crippen MR) is 314 cm³/mol. The largest absolute Gasteiger partial charge is 0.496 e. The number of hydrogen-bond acceptors (Lipinski definition) is 19. The molecule has 458 valence electrons. The van der Waals surface area contributed by atoms with Gasteiger partial charge in [-0.05, 0) is 85.1 Å². The SMILES string of the molecule is CC[C@@H]1[C@H](F)C(=O)N[C@@H]1CBr.CC[C@@H]1[C@H](F)C(=O)N[C@@H]1CO.CC[C@@H]1[C@H](F)C(=O)N[C@@H]1COc1nsc2cc(C#N)c(OC)cc12.CC[C@@H]1[C@H](F)C(=O)N[C@@H]1COc1nsc2cc(C(N)=O)c(OC)cc12.COc1cc2c(=O)[nH]sc2cc1C#N. The Morgan fingerprint density at radius 2 is 0.976 bits per heavy atom. The number of rotatable bonds is 16. The van der Waals surface area contributed by atoms with Crippen LogP contribution in [0.5, 0.6) is 29.0 Å². The van der Waals surface area contributed by atoms with Gasteiger partial charge in [-0.25, -0.2) is 17.6 Å². The van der Waals surface area contributed by atoms with E-state index in [2.05, 4.69) is 56.4 Å². The zero-order chi connectivity index (χ0) is 62.4. The molecule has 4 aliphatic rings. The third kappa shape index (κ3) is 15.2. The first-order chi connectivity index (χ1) is 40.7. The van der Waals surface area contributed by atoms with E-state index >= 15 is 0 Å². The number of nitriles is 2. The summed E-state index contributed by atoms with van der Waals surface area (Å²) in [5, 5.41) is 39.5. The molecule has 4 aliphatic heterocycles. The Bertz CT molecular complexity index is 3470. The van der Waals surface area contributed by atoms with Crippen LogP contribution in [-0.2, 0) is 19.2 Å². The van der Waals surface area contributed by atoms with Gasteiger partial charge in [-0.15, -0.1) is 0 Å². The van der Waals surface area contributed by atoms with Crippen molar-refractivity contribution in [3.8, 4) is 41.1 Å². The first-order valence-electron chi connectivity index (χ1n) is 26.7. The maximum Gasteiger partial charge on any atom is 0.266 e. The topological polar surface area (TPSA) is 332 Å². The van der Waals surface area contributed by atoms with Gasteiger partial charge in [-0.2, -0.15) is 19.3 Å². The second-order valence-electron chi connectivity index (χ2n) is 19.6. The van der Waals surface area contributed by atoms with Crippen molar-refractivity contribution < 1.29 is 70.3 Å². The van der Waals surface area contributed by atoms with E-state index < -0.39 is 72.1 Å². The number of aliphatic hydroxyl groups is 1. The van der Waals surface area contributed by atoms with Crippen LogP contribution in [0.3, 0.4) is 0 Å². The predicted octanol–water partition coefficient (Wildman–Crippen LogP) is 6.62. The standard InChI is InChI=1S/C16H18FN3O4S.C16H16FN3O3S.C9H6N2O2S.C7H11BrFNO.C7H12FNO2/c1-3-7-10(19-15(22)13(7)17)6-24-16-9-4-11(23-2)8(14(18)21)5-12(9)25-20-16;1-3-9-11(19-15(21)14(9)17)7-23-16-10-5-12(22-2)8(6-18)4-13(10)24-20-16;1-13-7-3-6-8(2-5(7)4-10)14-11-9(6)12;1-2-4-5(3-8)10-7(11)6(4)9;1-2-4-5(3-10)9-7(11)6(4)8/h4-5,7,10,13H,3,6H2,1-2H3,(H2,18,21)(H,19,22);4-5,9,11,14H,3,7H2,1-2H3,(H,19,21);2-3H,1H3,(H,11,12);4-6H,2-3H2,1H3,(H,10,11);4-6,10H,2-3H2,1H3,(H,9,11)/t7-,10+,13-;9-,11+,14-;;2*4-,5+,6-/m00.00/s1. The molecule has 0 bridgehead atoms. The number of aliphatic hydroxyl groups excluding tert-OH is 1. The van der Waals surface area contributed by atoms with Crippen LogP contribution in [0.1, 0.15) is 74.9 Å². The second kappa shape index (κ2) is 30.6. The number of amides is 5. The second-order valence-corrected chi connectivity index (χ2v) is 22.7. The number of benzene rings is 3. The number of alkyl halides is 5. The highest BCUT2D eigenvalue weighted by molar-refractivity contribution is 9.09. The van der Waals surface area contributed by atoms with Crippen molar-refractivity contribution in [1.82, 2.24) is 34.4 Å². The third-order valence-electron chi connectivity index (χ3n) is 14.8. The van der Waals surface area contributed by atoms with E-state index in [4.69, 9.17) is 45.0 Å². The summed E-state index contributed by atoms with van der Waals surface area (Å²) in [5.74, 6) is -2.21. The summed E-state index contributed by atoms with van der Waals surface area (Å²) in [4.78, 5) is 67.2. The molecule has 8 N–H and O–H groups in total. The maximum absolute atomic E-state index is 13.8. The molecular weight excluding hydrogens is 1240 g/mol.